The third-order valence-corrected chi connectivity index (χ3v) is 4.65. The Morgan fingerprint density at radius 3 is 2.79 bits per heavy atom. The number of carbonyl (C=O) groups excluding carboxylic acids is 1. The number of imidazole rings is 1. The molecule has 3 aromatic rings. The molecule has 0 spiro atoms. The van der Waals surface area contributed by atoms with Crippen molar-refractivity contribution in [2.45, 2.75) is 43.6 Å². The monoisotopic (exact) mass is 406 g/mol. The van der Waals surface area contributed by atoms with Gasteiger partial charge in [-0.3, -0.25) is 4.79 Å². The van der Waals surface area contributed by atoms with Crippen LogP contribution in [0, 0.1) is 5.82 Å². The molecule has 0 aromatic carbocycles. The van der Waals surface area contributed by atoms with Gasteiger partial charge in [-0.1, -0.05) is 11.8 Å². The zero-order chi connectivity index (χ0) is 20.5. The Bertz CT molecular complexity index is 1020. The van der Waals surface area contributed by atoms with E-state index >= 15 is 0 Å². The summed E-state index contributed by atoms with van der Waals surface area (Å²) >= 11 is 1.13. The smallest absolute Gasteiger partial charge is 0.318 e. The van der Waals surface area contributed by atoms with E-state index in [-0.39, 0.29) is 23.9 Å². The van der Waals surface area contributed by atoms with Gasteiger partial charge in [-0.2, -0.15) is 9.97 Å². The number of anilines is 2. The number of rotatable bonds is 6. The lowest BCUT2D eigenvalue weighted by Crippen LogP contribution is -2.34. The second kappa shape index (κ2) is 7.54. The molecule has 3 heterocycles. The van der Waals surface area contributed by atoms with E-state index in [1.54, 1.807) is 27.7 Å². The maximum Gasteiger partial charge on any atom is 0.318 e. The lowest BCUT2D eigenvalue weighted by Gasteiger charge is -2.22. The molecule has 0 atom stereocenters. The van der Waals surface area contributed by atoms with Gasteiger partial charge in [0, 0.05) is 0 Å². The molecular formula is C16H19FN8O2S. The number of fused-ring (bicyclic) bond motifs is 1. The van der Waals surface area contributed by atoms with Crippen molar-refractivity contribution in [2.24, 2.45) is 0 Å². The second-order valence-electron chi connectivity index (χ2n) is 6.57. The molecule has 0 radical (unpaired) electrons. The van der Waals surface area contributed by atoms with E-state index in [0.717, 1.165) is 18.0 Å². The first-order valence-electron chi connectivity index (χ1n) is 8.32. The molecule has 3 rings (SSSR count). The number of amides is 1. The summed E-state index contributed by atoms with van der Waals surface area (Å²) in [6.45, 7) is 6.90. The van der Waals surface area contributed by atoms with Crippen molar-refractivity contribution in [3.8, 4) is 6.01 Å². The van der Waals surface area contributed by atoms with Crippen molar-refractivity contribution in [1.29, 1.82) is 0 Å². The molecule has 28 heavy (non-hydrogen) atoms. The summed E-state index contributed by atoms with van der Waals surface area (Å²) in [5, 5.41) is 2.93. The Labute approximate surface area is 163 Å². The Hall–Kier alpha value is -3.02. The summed E-state index contributed by atoms with van der Waals surface area (Å²) in [4.78, 5) is 35.6. The van der Waals surface area contributed by atoms with E-state index in [1.165, 1.54) is 6.33 Å². The van der Waals surface area contributed by atoms with Gasteiger partial charge >= 0.3 is 6.01 Å². The van der Waals surface area contributed by atoms with Crippen molar-refractivity contribution in [3.05, 3.63) is 18.3 Å². The van der Waals surface area contributed by atoms with Gasteiger partial charge < -0.3 is 20.8 Å². The topological polar surface area (TPSA) is 145 Å². The van der Waals surface area contributed by atoms with E-state index in [0.29, 0.717) is 16.2 Å². The highest BCUT2D eigenvalue weighted by molar-refractivity contribution is 8.01. The van der Waals surface area contributed by atoms with Crippen molar-refractivity contribution >= 4 is 40.6 Å². The average Bonchev–Trinajstić information content (AvgIpc) is 3.05. The first-order valence-corrected chi connectivity index (χ1v) is 9.13. The molecule has 0 saturated carbocycles. The van der Waals surface area contributed by atoms with Crippen LogP contribution in [0.1, 0.15) is 27.7 Å². The molecule has 148 valence electrons. The molecule has 0 bridgehead atoms. The van der Waals surface area contributed by atoms with Crippen LogP contribution in [0.3, 0.4) is 0 Å². The van der Waals surface area contributed by atoms with Crippen molar-refractivity contribution < 1.29 is 13.9 Å². The van der Waals surface area contributed by atoms with Crippen molar-refractivity contribution in [3.63, 3.8) is 0 Å². The van der Waals surface area contributed by atoms with Crippen LogP contribution in [0.2, 0.25) is 0 Å². The number of nitrogens with two attached hydrogens (primary N) is 1. The van der Waals surface area contributed by atoms with Crippen LogP contribution >= 0.6 is 11.8 Å². The van der Waals surface area contributed by atoms with Gasteiger partial charge in [-0.05, 0) is 27.7 Å². The Kier molecular flexibility index (Phi) is 5.31. The average molecular weight is 406 g/mol. The van der Waals surface area contributed by atoms with Crippen molar-refractivity contribution in [1.82, 2.24) is 29.9 Å². The summed E-state index contributed by atoms with van der Waals surface area (Å²) in [6.07, 6.45) is 2.21. The number of halogens is 1. The Balaban J connectivity index is 1.82. The fourth-order valence-corrected chi connectivity index (χ4v) is 3.17. The third-order valence-electron chi connectivity index (χ3n) is 3.46. The molecule has 3 aromatic heterocycles. The predicted octanol–water partition coefficient (Wildman–Crippen LogP) is 2.16. The molecule has 0 unspecified atom stereocenters. The van der Waals surface area contributed by atoms with Crippen LogP contribution in [0.25, 0.3) is 11.2 Å². The van der Waals surface area contributed by atoms with Gasteiger partial charge in [0.25, 0.3) is 0 Å². The maximum atomic E-state index is 14.0. The highest BCUT2D eigenvalue weighted by atomic mass is 32.2. The highest BCUT2D eigenvalue weighted by Crippen LogP contribution is 2.35. The molecule has 0 aliphatic rings. The number of aromatic nitrogens is 6. The molecule has 12 heteroatoms. The first kappa shape index (κ1) is 19.7. The molecule has 4 N–H and O–H groups in total. The third kappa shape index (κ3) is 4.27. The largest absolute Gasteiger partial charge is 0.461 e. The highest BCUT2D eigenvalue weighted by Gasteiger charge is 2.32. The molecule has 0 aliphatic heterocycles. The number of nitrogens with one attached hydrogen (secondary N) is 2. The number of H-pyrrole nitrogens is 1. The maximum absolute atomic E-state index is 14.0. The van der Waals surface area contributed by atoms with Crippen LogP contribution in [0.4, 0.5) is 16.2 Å². The fourth-order valence-electron chi connectivity index (χ4n) is 2.15. The summed E-state index contributed by atoms with van der Waals surface area (Å²) in [5.74, 6) is -1.49. The van der Waals surface area contributed by atoms with E-state index in [9.17, 15) is 9.18 Å². The lowest BCUT2D eigenvalue weighted by molar-refractivity contribution is -0.117. The van der Waals surface area contributed by atoms with Gasteiger partial charge in [-0.25, -0.2) is 19.3 Å². The minimum atomic E-state index is -1.05. The zero-order valence-electron chi connectivity index (χ0n) is 15.6. The molecule has 0 saturated heterocycles. The van der Waals surface area contributed by atoms with E-state index in [1.807, 2.05) is 0 Å². The number of nitrogen functional groups attached to an aromatic ring is 1. The predicted molar refractivity (Wildman–Crippen MR) is 102 cm³/mol. The Morgan fingerprint density at radius 2 is 2.07 bits per heavy atom. The first-order chi connectivity index (χ1) is 13.2. The zero-order valence-corrected chi connectivity index (χ0v) is 16.5. The number of ether oxygens (including phenoxy) is 1. The van der Waals surface area contributed by atoms with E-state index < -0.39 is 16.5 Å². The summed E-state index contributed by atoms with van der Waals surface area (Å²) in [5.41, 5.74) is 6.66. The lowest BCUT2D eigenvalue weighted by atomic mass is 10.2. The van der Waals surface area contributed by atoms with Crippen LogP contribution in [0.15, 0.2) is 17.6 Å². The standard InChI is InChI=1S/C16H19FN8O2S/c1-7(2)27-15-19-5-8(17)10(24-15)22-13(26)16(3,4)28-12-9-11(21-6-20-9)23-14(18)25-12/h5-7H,1-4H3,(H,19,22,24,26)(H3,18,20,21,23,25). The van der Waals surface area contributed by atoms with E-state index in [2.05, 4.69) is 35.2 Å². The van der Waals surface area contributed by atoms with Gasteiger partial charge in [0.1, 0.15) is 10.5 Å². The number of aromatic amines is 1. The van der Waals surface area contributed by atoms with Gasteiger partial charge in [0.05, 0.1) is 23.4 Å². The van der Waals surface area contributed by atoms with Gasteiger partial charge in [-0.15, -0.1) is 0 Å². The Morgan fingerprint density at radius 1 is 1.32 bits per heavy atom. The minimum Gasteiger partial charge on any atom is -0.461 e. The number of carbonyl (C=O) groups is 1. The summed E-state index contributed by atoms with van der Waals surface area (Å²) in [6, 6.07) is -0.0279. The number of thioether (sulfide) groups is 1. The minimum absolute atomic E-state index is 0.0279. The molecule has 0 fully saturated rings. The molecule has 1 amide bonds. The van der Waals surface area contributed by atoms with Crippen molar-refractivity contribution in [2.75, 3.05) is 11.1 Å². The van der Waals surface area contributed by atoms with Crippen LogP contribution in [0.5, 0.6) is 6.01 Å². The van der Waals surface area contributed by atoms with Gasteiger partial charge in [0.15, 0.2) is 17.3 Å². The molecule has 10 nitrogen and oxygen atoms in total. The summed E-state index contributed by atoms with van der Waals surface area (Å²) in [7, 11) is 0. The summed E-state index contributed by atoms with van der Waals surface area (Å²) < 4.78 is 18.3. The second-order valence-corrected chi connectivity index (χ2v) is 8.18. The SMILES string of the molecule is CC(C)Oc1ncc(F)c(NC(=O)C(C)(C)Sc2nc(N)nc3nc[nH]c23)n1. The molecular weight excluding hydrogens is 387 g/mol. The number of hydrogen-bond donors (Lipinski definition) is 3. The normalized spacial score (nSPS) is 11.8. The van der Waals surface area contributed by atoms with Crippen LogP contribution in [-0.2, 0) is 4.79 Å². The van der Waals surface area contributed by atoms with Crippen LogP contribution in [-0.4, -0.2) is 46.7 Å². The fraction of sp³-hybridized carbons (Fsp3) is 0.375. The van der Waals surface area contributed by atoms with Crippen LogP contribution < -0.4 is 15.8 Å². The quantitative estimate of drug-likeness (QED) is 0.414. The number of nitrogens with zero attached hydrogens (tertiary/aromatic N) is 5. The van der Waals surface area contributed by atoms with Gasteiger partial charge in [0.2, 0.25) is 11.9 Å². The van der Waals surface area contributed by atoms with E-state index in [4.69, 9.17) is 10.5 Å². The molecule has 0 aliphatic carbocycles. The number of hydrogen-bond acceptors (Lipinski definition) is 9.